The predicted octanol–water partition coefficient (Wildman–Crippen LogP) is 4.01. The van der Waals surface area contributed by atoms with Crippen LogP contribution >= 0.6 is 0 Å². The maximum absolute atomic E-state index is 15.6. The molecule has 1 amide bonds. The zero-order chi connectivity index (χ0) is 28.2. The van der Waals surface area contributed by atoms with Crippen molar-refractivity contribution in [2.75, 3.05) is 12.8 Å². The van der Waals surface area contributed by atoms with E-state index < -0.39 is 46.7 Å². The van der Waals surface area contributed by atoms with Crippen molar-refractivity contribution >= 4 is 16.1 Å². The summed E-state index contributed by atoms with van der Waals surface area (Å²) in [6.07, 6.45) is -1.96. The number of carbonyl (C=O) groups is 1. The lowest BCUT2D eigenvalue weighted by Crippen LogP contribution is -2.49. The number of halogens is 2. The Morgan fingerprint density at radius 3 is 2.62 bits per heavy atom. The van der Waals surface area contributed by atoms with Crippen molar-refractivity contribution in [1.82, 2.24) is 14.6 Å². The summed E-state index contributed by atoms with van der Waals surface area (Å²) in [5.41, 5.74) is 1.43. The van der Waals surface area contributed by atoms with Crippen LogP contribution in [0.2, 0.25) is 0 Å². The van der Waals surface area contributed by atoms with E-state index in [0.29, 0.717) is 11.1 Å². The van der Waals surface area contributed by atoms with Gasteiger partial charge in [-0.05, 0) is 36.6 Å². The Kier molecular flexibility index (Phi) is 8.42. The highest BCUT2D eigenvalue weighted by atomic mass is 32.2. The highest BCUT2D eigenvalue weighted by Crippen LogP contribution is 2.31. The second-order valence-electron chi connectivity index (χ2n) is 9.16. The fraction of sp³-hybridized carbons (Fsp3) is 0.296. The highest BCUT2D eigenvalue weighted by Gasteiger charge is 2.46. The largest absolute Gasteiger partial charge is 0.445 e. The molecule has 1 aromatic heterocycles. The smallest absolute Gasteiger partial charge is 0.410 e. The molecule has 2 aromatic carbocycles. The van der Waals surface area contributed by atoms with Crippen molar-refractivity contribution < 1.29 is 31.5 Å². The van der Waals surface area contributed by atoms with E-state index >= 15 is 8.78 Å². The lowest BCUT2D eigenvalue weighted by molar-refractivity contribution is 0.0894. The van der Waals surface area contributed by atoms with Gasteiger partial charge in [0.15, 0.2) is 11.6 Å². The Hall–Kier alpha value is -4.08. The summed E-state index contributed by atoms with van der Waals surface area (Å²) in [4.78, 5) is 18.1. The van der Waals surface area contributed by atoms with Gasteiger partial charge in [-0.1, -0.05) is 48.5 Å². The van der Waals surface area contributed by atoms with Crippen LogP contribution in [0, 0.1) is 24.1 Å². The van der Waals surface area contributed by atoms with E-state index in [4.69, 9.17) is 14.7 Å². The number of amides is 1. The third kappa shape index (κ3) is 6.87. The number of ether oxygens (including phenoxy) is 2. The summed E-state index contributed by atoms with van der Waals surface area (Å²) in [5, 5.41) is 9.11. The number of aryl methyl sites for hydroxylation is 1. The van der Waals surface area contributed by atoms with Crippen LogP contribution in [-0.4, -0.2) is 55.5 Å². The molecule has 1 saturated heterocycles. The molecule has 1 N–H and O–H groups in total. The number of hydrogen-bond acceptors (Lipinski definition) is 7. The first-order valence-electron chi connectivity index (χ1n) is 12.0. The van der Waals surface area contributed by atoms with E-state index in [1.54, 1.807) is 43.3 Å². The maximum atomic E-state index is 15.6. The Morgan fingerprint density at radius 2 is 1.92 bits per heavy atom. The number of sulfonamides is 1. The molecule has 1 fully saturated rings. The van der Waals surface area contributed by atoms with Crippen LogP contribution in [0.4, 0.5) is 13.6 Å². The fourth-order valence-electron chi connectivity index (χ4n) is 4.32. The van der Waals surface area contributed by atoms with Crippen LogP contribution in [0.25, 0.3) is 0 Å². The number of nitrogens with one attached hydrogen (secondary N) is 1. The lowest BCUT2D eigenvalue weighted by Gasteiger charge is -2.28. The number of benzene rings is 2. The van der Waals surface area contributed by atoms with Gasteiger partial charge < -0.3 is 14.4 Å². The first kappa shape index (κ1) is 27.9. The molecule has 0 bridgehead atoms. The van der Waals surface area contributed by atoms with Gasteiger partial charge in [0.1, 0.15) is 24.5 Å². The Balaban J connectivity index is 1.60. The molecule has 0 saturated carbocycles. The number of carbonyl (C=O) groups excluding carboxylic acids is 1. The minimum atomic E-state index is -3.86. The molecular weight excluding hydrogens is 530 g/mol. The average molecular weight is 557 g/mol. The molecule has 3 atom stereocenters. The third-order valence-corrected chi connectivity index (χ3v) is 6.91. The SMILES string of the molecule is Cc1ccc(C#N)nc1Oc1cccc(C[C@H]2[C@@H](NS(C)(=O)=O)[C@@H](F)CN2C(=O)OCc2ccccc2)c1F. The number of nitrogens with zero attached hydrogens (tertiary/aromatic N) is 3. The standard InChI is InChI=1S/C27H26F2N4O5S/c1-17-11-12-20(14-30)31-26(17)38-23-10-6-9-19(24(23)29)13-22-25(32-39(2,35)36)21(28)15-33(22)27(34)37-16-18-7-4-3-5-8-18/h3-12,21-22,25,32H,13,15-16H2,1-2H3/t21-,22-,25-/m0/s1. The van der Waals surface area contributed by atoms with Crippen molar-refractivity contribution in [3.05, 3.63) is 88.9 Å². The van der Waals surface area contributed by atoms with Gasteiger partial charge in [0.2, 0.25) is 15.9 Å². The molecule has 1 aliphatic heterocycles. The Labute approximate surface area is 225 Å². The third-order valence-electron chi connectivity index (χ3n) is 6.21. The maximum Gasteiger partial charge on any atom is 0.410 e. The Morgan fingerprint density at radius 1 is 1.18 bits per heavy atom. The summed E-state index contributed by atoms with van der Waals surface area (Å²) in [6.45, 7) is 1.18. The summed E-state index contributed by atoms with van der Waals surface area (Å²) in [6, 6.07) is 15.8. The number of nitriles is 1. The highest BCUT2D eigenvalue weighted by molar-refractivity contribution is 7.88. The molecule has 0 radical (unpaired) electrons. The van der Waals surface area contributed by atoms with Crippen molar-refractivity contribution in [3.63, 3.8) is 0 Å². The van der Waals surface area contributed by atoms with Gasteiger partial charge in [0.25, 0.3) is 0 Å². The number of hydrogen-bond donors (Lipinski definition) is 1. The van der Waals surface area contributed by atoms with Crippen LogP contribution in [0.15, 0.2) is 60.7 Å². The van der Waals surface area contributed by atoms with Crippen LogP contribution in [0.1, 0.15) is 22.4 Å². The number of rotatable bonds is 8. The molecule has 0 aliphatic carbocycles. The van der Waals surface area contributed by atoms with E-state index in [-0.39, 0.29) is 35.9 Å². The molecule has 0 spiro atoms. The molecule has 39 heavy (non-hydrogen) atoms. The molecule has 9 nitrogen and oxygen atoms in total. The molecule has 12 heteroatoms. The number of alkyl halides is 1. The molecule has 2 heterocycles. The quantitative estimate of drug-likeness (QED) is 0.445. The second-order valence-corrected chi connectivity index (χ2v) is 10.9. The van der Waals surface area contributed by atoms with Crippen molar-refractivity contribution in [3.8, 4) is 17.7 Å². The lowest BCUT2D eigenvalue weighted by atomic mass is 9.99. The molecule has 1 aliphatic rings. The first-order chi connectivity index (χ1) is 18.6. The van der Waals surface area contributed by atoms with Crippen molar-refractivity contribution in [1.29, 1.82) is 5.26 Å². The van der Waals surface area contributed by atoms with Crippen molar-refractivity contribution in [2.24, 2.45) is 0 Å². The van der Waals surface area contributed by atoms with E-state index in [0.717, 1.165) is 11.2 Å². The van der Waals surface area contributed by atoms with Gasteiger partial charge in [-0.3, -0.25) is 0 Å². The molecule has 3 aromatic rings. The monoisotopic (exact) mass is 556 g/mol. The van der Waals surface area contributed by atoms with Gasteiger partial charge in [-0.2, -0.15) is 5.26 Å². The van der Waals surface area contributed by atoms with Crippen LogP contribution in [-0.2, 0) is 27.8 Å². The molecule has 0 unspecified atom stereocenters. The van der Waals surface area contributed by atoms with E-state index in [1.807, 2.05) is 6.07 Å². The minimum Gasteiger partial charge on any atom is -0.445 e. The zero-order valence-electron chi connectivity index (χ0n) is 21.2. The average Bonchev–Trinajstić information content (AvgIpc) is 3.20. The minimum absolute atomic E-state index is 0.0394. The van der Waals surface area contributed by atoms with E-state index in [1.165, 1.54) is 24.3 Å². The van der Waals surface area contributed by atoms with Crippen LogP contribution in [0.5, 0.6) is 11.6 Å². The van der Waals surface area contributed by atoms with Gasteiger partial charge in [-0.15, -0.1) is 0 Å². The van der Waals surface area contributed by atoms with Gasteiger partial charge in [-0.25, -0.2) is 31.7 Å². The first-order valence-corrected chi connectivity index (χ1v) is 13.9. The molecule has 204 valence electrons. The van der Waals surface area contributed by atoms with Gasteiger partial charge in [0.05, 0.1) is 24.9 Å². The van der Waals surface area contributed by atoms with Gasteiger partial charge >= 0.3 is 6.09 Å². The molecule has 4 rings (SSSR count). The van der Waals surface area contributed by atoms with Crippen LogP contribution < -0.4 is 9.46 Å². The summed E-state index contributed by atoms with van der Waals surface area (Å²) >= 11 is 0. The summed E-state index contributed by atoms with van der Waals surface area (Å²) in [7, 11) is -3.86. The summed E-state index contributed by atoms with van der Waals surface area (Å²) in [5.74, 6) is -0.949. The predicted molar refractivity (Wildman–Crippen MR) is 138 cm³/mol. The molecular formula is C27H26F2N4O5S. The normalized spacial score (nSPS) is 18.9. The number of pyridine rings is 1. The van der Waals surface area contributed by atoms with E-state index in [2.05, 4.69) is 9.71 Å². The van der Waals surface area contributed by atoms with Crippen LogP contribution in [0.3, 0.4) is 0 Å². The van der Waals surface area contributed by atoms with Gasteiger partial charge in [0, 0.05) is 5.56 Å². The number of likely N-dealkylation sites (tertiary alicyclic amines) is 1. The topological polar surface area (TPSA) is 122 Å². The second kappa shape index (κ2) is 11.8. The number of aromatic nitrogens is 1. The van der Waals surface area contributed by atoms with E-state index in [9.17, 15) is 13.2 Å². The Bertz CT molecular complexity index is 1500. The zero-order valence-corrected chi connectivity index (χ0v) is 22.0. The van der Waals surface area contributed by atoms with Crippen molar-refractivity contribution in [2.45, 2.75) is 38.2 Å². The summed E-state index contributed by atoms with van der Waals surface area (Å²) < 4.78 is 67.9. The fourth-order valence-corrected chi connectivity index (χ4v) is 5.12.